The molecule has 0 spiro atoms. The monoisotopic (exact) mass is 308 g/mol. The number of ketones is 1. The summed E-state index contributed by atoms with van der Waals surface area (Å²) in [7, 11) is 1.64. The van der Waals surface area contributed by atoms with E-state index in [4.69, 9.17) is 9.47 Å². The van der Waals surface area contributed by atoms with Crippen LogP contribution in [0.15, 0.2) is 60.2 Å². The summed E-state index contributed by atoms with van der Waals surface area (Å²) in [5, 5.41) is 0. The molecule has 1 aliphatic rings. The highest BCUT2D eigenvalue weighted by Crippen LogP contribution is 2.28. The van der Waals surface area contributed by atoms with Crippen LogP contribution in [-0.4, -0.2) is 19.0 Å². The molecular formula is C20H20O3. The van der Waals surface area contributed by atoms with Crippen LogP contribution in [-0.2, 0) is 4.79 Å². The summed E-state index contributed by atoms with van der Waals surface area (Å²) in [5.74, 6) is 1.74. The summed E-state index contributed by atoms with van der Waals surface area (Å²) in [4.78, 5) is 12.4. The van der Waals surface area contributed by atoms with Crippen molar-refractivity contribution < 1.29 is 14.3 Å². The Morgan fingerprint density at radius 1 is 1.04 bits per heavy atom. The molecule has 0 saturated heterocycles. The molecule has 0 N–H and O–H groups in total. The van der Waals surface area contributed by atoms with Crippen molar-refractivity contribution in [1.29, 1.82) is 0 Å². The van der Waals surface area contributed by atoms with Crippen molar-refractivity contribution in [3.63, 3.8) is 0 Å². The van der Waals surface area contributed by atoms with Gasteiger partial charge in [-0.3, -0.25) is 4.79 Å². The Bertz CT molecular complexity index is 704. The molecule has 1 unspecified atom stereocenters. The quantitative estimate of drug-likeness (QED) is 0.791. The smallest absolute Gasteiger partial charge is 0.162 e. The fraction of sp³-hybridized carbons (Fsp3) is 0.250. The SMILES string of the molecule is COc1cccc(C=C2C(=O)CCCC2Oc2ccccc2)c1. The van der Waals surface area contributed by atoms with Crippen molar-refractivity contribution in [2.75, 3.05) is 7.11 Å². The molecule has 0 aromatic heterocycles. The van der Waals surface area contributed by atoms with Gasteiger partial charge in [-0.25, -0.2) is 0 Å². The van der Waals surface area contributed by atoms with Crippen LogP contribution in [0.25, 0.3) is 6.08 Å². The number of para-hydroxylation sites is 1. The van der Waals surface area contributed by atoms with Gasteiger partial charge in [0.25, 0.3) is 0 Å². The zero-order chi connectivity index (χ0) is 16.1. The lowest BCUT2D eigenvalue weighted by atomic mass is 9.89. The number of benzene rings is 2. The first kappa shape index (κ1) is 15.3. The number of hydrogen-bond donors (Lipinski definition) is 0. The van der Waals surface area contributed by atoms with E-state index in [9.17, 15) is 4.79 Å². The first-order chi connectivity index (χ1) is 11.3. The molecule has 2 aromatic carbocycles. The Morgan fingerprint density at radius 2 is 1.83 bits per heavy atom. The van der Waals surface area contributed by atoms with Crippen LogP contribution in [0.1, 0.15) is 24.8 Å². The Hall–Kier alpha value is -2.55. The van der Waals surface area contributed by atoms with Crippen LogP contribution >= 0.6 is 0 Å². The van der Waals surface area contributed by atoms with E-state index in [-0.39, 0.29) is 11.9 Å². The second-order valence-corrected chi connectivity index (χ2v) is 5.61. The van der Waals surface area contributed by atoms with Gasteiger partial charge in [-0.1, -0.05) is 30.3 Å². The van der Waals surface area contributed by atoms with Gasteiger partial charge in [0.05, 0.1) is 7.11 Å². The van der Waals surface area contributed by atoms with Crippen LogP contribution in [0, 0.1) is 0 Å². The first-order valence-corrected chi connectivity index (χ1v) is 7.87. The normalized spacial score (nSPS) is 19.6. The van der Waals surface area contributed by atoms with E-state index in [1.807, 2.05) is 60.7 Å². The molecule has 0 heterocycles. The van der Waals surface area contributed by atoms with E-state index in [0.717, 1.165) is 35.5 Å². The third-order valence-electron chi connectivity index (χ3n) is 3.98. The van der Waals surface area contributed by atoms with Crippen LogP contribution in [0.2, 0.25) is 0 Å². The third-order valence-corrected chi connectivity index (χ3v) is 3.98. The standard InChI is InChI=1S/C20H20O3/c1-22-17-10-5-7-15(13-17)14-18-19(21)11-6-12-20(18)23-16-8-3-2-4-9-16/h2-5,7-10,13-14,20H,6,11-12H2,1H3. The number of ether oxygens (including phenoxy) is 2. The van der Waals surface area contributed by atoms with E-state index in [2.05, 4.69) is 0 Å². The zero-order valence-electron chi connectivity index (χ0n) is 13.2. The van der Waals surface area contributed by atoms with Crippen molar-refractivity contribution in [2.24, 2.45) is 0 Å². The van der Waals surface area contributed by atoms with Crippen molar-refractivity contribution in [1.82, 2.24) is 0 Å². The minimum Gasteiger partial charge on any atom is -0.497 e. The van der Waals surface area contributed by atoms with E-state index in [1.54, 1.807) is 7.11 Å². The first-order valence-electron chi connectivity index (χ1n) is 7.87. The minimum atomic E-state index is -0.190. The van der Waals surface area contributed by atoms with E-state index in [1.165, 1.54) is 0 Å². The van der Waals surface area contributed by atoms with Gasteiger partial charge in [0.15, 0.2) is 5.78 Å². The summed E-state index contributed by atoms with van der Waals surface area (Å²) in [6.45, 7) is 0. The number of hydrogen-bond acceptors (Lipinski definition) is 3. The fourth-order valence-electron chi connectivity index (χ4n) is 2.80. The predicted octanol–water partition coefficient (Wildman–Crippen LogP) is 4.28. The van der Waals surface area contributed by atoms with Gasteiger partial charge in [-0.15, -0.1) is 0 Å². The molecule has 1 aliphatic carbocycles. The molecule has 2 aromatic rings. The molecule has 0 amide bonds. The van der Waals surface area contributed by atoms with Crippen molar-refractivity contribution >= 4 is 11.9 Å². The lowest BCUT2D eigenvalue weighted by molar-refractivity contribution is -0.117. The summed E-state index contributed by atoms with van der Waals surface area (Å²) >= 11 is 0. The number of methoxy groups -OCH3 is 1. The molecule has 1 atom stereocenters. The Balaban J connectivity index is 1.88. The average Bonchev–Trinajstić information content (AvgIpc) is 2.59. The highest BCUT2D eigenvalue weighted by Gasteiger charge is 2.27. The summed E-state index contributed by atoms with van der Waals surface area (Å²) in [6.07, 6.45) is 4.05. The zero-order valence-corrected chi connectivity index (χ0v) is 13.2. The number of carbonyl (C=O) groups is 1. The summed E-state index contributed by atoms with van der Waals surface area (Å²) in [6, 6.07) is 17.4. The highest BCUT2D eigenvalue weighted by atomic mass is 16.5. The van der Waals surface area contributed by atoms with E-state index >= 15 is 0 Å². The Kier molecular flexibility index (Phi) is 4.77. The maximum absolute atomic E-state index is 12.4. The van der Waals surface area contributed by atoms with Gasteiger partial charge < -0.3 is 9.47 Å². The number of rotatable bonds is 4. The van der Waals surface area contributed by atoms with Gasteiger partial charge in [-0.2, -0.15) is 0 Å². The molecular weight excluding hydrogens is 288 g/mol. The summed E-state index contributed by atoms with van der Waals surface area (Å²) < 4.78 is 11.3. The van der Waals surface area contributed by atoms with Crippen molar-refractivity contribution in [3.05, 3.63) is 65.7 Å². The van der Waals surface area contributed by atoms with Crippen LogP contribution in [0.5, 0.6) is 11.5 Å². The maximum Gasteiger partial charge on any atom is 0.162 e. The molecule has 118 valence electrons. The van der Waals surface area contributed by atoms with Crippen LogP contribution < -0.4 is 9.47 Å². The Labute approximate surface area is 136 Å². The van der Waals surface area contributed by atoms with E-state index in [0.29, 0.717) is 6.42 Å². The molecule has 3 nitrogen and oxygen atoms in total. The largest absolute Gasteiger partial charge is 0.497 e. The number of Topliss-reactive ketones (excluding diaryl/α,β-unsaturated/α-hetero) is 1. The molecule has 3 rings (SSSR count). The van der Waals surface area contributed by atoms with Crippen molar-refractivity contribution in [2.45, 2.75) is 25.4 Å². The molecule has 0 bridgehead atoms. The number of carbonyl (C=O) groups excluding carboxylic acids is 1. The third kappa shape index (κ3) is 3.81. The predicted molar refractivity (Wildman–Crippen MR) is 90.7 cm³/mol. The fourth-order valence-corrected chi connectivity index (χ4v) is 2.80. The molecule has 1 fully saturated rings. The Morgan fingerprint density at radius 3 is 2.61 bits per heavy atom. The van der Waals surface area contributed by atoms with Gasteiger partial charge in [0.1, 0.15) is 17.6 Å². The molecule has 0 aliphatic heterocycles. The van der Waals surface area contributed by atoms with Gasteiger partial charge in [0, 0.05) is 12.0 Å². The van der Waals surface area contributed by atoms with Crippen molar-refractivity contribution in [3.8, 4) is 11.5 Å². The van der Waals surface area contributed by atoms with Gasteiger partial charge in [0.2, 0.25) is 0 Å². The van der Waals surface area contributed by atoms with Gasteiger partial charge in [-0.05, 0) is 48.7 Å². The van der Waals surface area contributed by atoms with Crippen LogP contribution in [0.4, 0.5) is 0 Å². The molecule has 3 heteroatoms. The van der Waals surface area contributed by atoms with Crippen LogP contribution in [0.3, 0.4) is 0 Å². The average molecular weight is 308 g/mol. The molecule has 23 heavy (non-hydrogen) atoms. The minimum absolute atomic E-state index is 0.167. The second kappa shape index (κ2) is 7.14. The summed E-state index contributed by atoms with van der Waals surface area (Å²) in [5.41, 5.74) is 1.70. The maximum atomic E-state index is 12.4. The highest BCUT2D eigenvalue weighted by molar-refractivity contribution is 6.01. The second-order valence-electron chi connectivity index (χ2n) is 5.61. The lowest BCUT2D eigenvalue weighted by Gasteiger charge is -2.25. The molecule has 1 saturated carbocycles. The lowest BCUT2D eigenvalue weighted by Crippen LogP contribution is -2.28. The van der Waals surface area contributed by atoms with E-state index < -0.39 is 0 Å². The molecule has 0 radical (unpaired) electrons. The van der Waals surface area contributed by atoms with Gasteiger partial charge >= 0.3 is 0 Å². The topological polar surface area (TPSA) is 35.5 Å².